The number of hydrogen-bond donors (Lipinski definition) is 2. The Bertz CT molecular complexity index is 1040. The molecule has 0 fully saturated rings. The number of hydrazine groups is 1. The Labute approximate surface area is 201 Å². The molecule has 0 aliphatic rings. The van der Waals surface area contributed by atoms with Gasteiger partial charge in [0.15, 0.2) is 0 Å². The van der Waals surface area contributed by atoms with Gasteiger partial charge in [0, 0.05) is 17.5 Å². The molecule has 6 heteroatoms. The van der Waals surface area contributed by atoms with Crippen molar-refractivity contribution in [2.24, 2.45) is 0 Å². The van der Waals surface area contributed by atoms with E-state index in [1.807, 2.05) is 30.3 Å². The number of rotatable bonds is 12. The first-order valence-corrected chi connectivity index (χ1v) is 11.8. The van der Waals surface area contributed by atoms with E-state index in [-0.39, 0.29) is 0 Å². The van der Waals surface area contributed by atoms with Gasteiger partial charge in [0.1, 0.15) is 11.5 Å². The first-order chi connectivity index (χ1) is 16.7. The Morgan fingerprint density at radius 3 is 2.12 bits per heavy atom. The van der Waals surface area contributed by atoms with E-state index in [4.69, 9.17) is 9.47 Å². The van der Waals surface area contributed by atoms with Gasteiger partial charge in [-0.25, -0.2) is 0 Å². The van der Waals surface area contributed by atoms with E-state index in [9.17, 15) is 9.59 Å². The lowest BCUT2D eigenvalue weighted by molar-refractivity contribution is 0.0846. The third-order valence-corrected chi connectivity index (χ3v) is 5.27. The number of nitrogens with one attached hydrogen (secondary N) is 2. The number of amides is 2. The molecule has 6 nitrogen and oxygen atoms in total. The topological polar surface area (TPSA) is 76.7 Å². The van der Waals surface area contributed by atoms with Gasteiger partial charge in [-0.15, -0.1) is 0 Å². The minimum atomic E-state index is -0.422. The number of carbonyl (C=O) groups excluding carboxylic acids is 2. The highest BCUT2D eigenvalue weighted by Crippen LogP contribution is 2.15. The van der Waals surface area contributed by atoms with Crippen LogP contribution in [-0.2, 0) is 6.42 Å². The van der Waals surface area contributed by atoms with Crippen LogP contribution < -0.4 is 20.3 Å². The van der Waals surface area contributed by atoms with Crippen LogP contribution in [0.2, 0.25) is 0 Å². The second-order valence-electron chi connectivity index (χ2n) is 7.95. The molecule has 0 aliphatic heterocycles. The first-order valence-electron chi connectivity index (χ1n) is 11.8. The van der Waals surface area contributed by atoms with Gasteiger partial charge in [0.05, 0.1) is 13.2 Å². The van der Waals surface area contributed by atoms with Gasteiger partial charge >= 0.3 is 0 Å². The zero-order chi connectivity index (χ0) is 24.0. The van der Waals surface area contributed by atoms with E-state index in [1.54, 1.807) is 48.5 Å². The quantitative estimate of drug-likeness (QED) is 0.282. The molecule has 0 spiro atoms. The molecule has 0 aliphatic carbocycles. The third kappa shape index (κ3) is 8.28. The van der Waals surface area contributed by atoms with E-state index in [0.717, 1.165) is 25.0 Å². The van der Waals surface area contributed by atoms with Gasteiger partial charge in [0.25, 0.3) is 11.8 Å². The maximum atomic E-state index is 12.5. The van der Waals surface area contributed by atoms with Crippen molar-refractivity contribution in [3.05, 3.63) is 95.6 Å². The van der Waals surface area contributed by atoms with Crippen molar-refractivity contribution in [2.45, 2.75) is 39.0 Å². The Hall–Kier alpha value is -3.80. The second kappa shape index (κ2) is 13.7. The van der Waals surface area contributed by atoms with Gasteiger partial charge in [0.2, 0.25) is 0 Å². The van der Waals surface area contributed by atoms with Crippen molar-refractivity contribution in [1.82, 2.24) is 10.9 Å². The lowest BCUT2D eigenvalue weighted by Gasteiger charge is -2.10. The summed E-state index contributed by atoms with van der Waals surface area (Å²) in [6.07, 6.45) is 5.34. The number of unbranched alkanes of at least 4 members (excludes halogenated alkanes) is 3. The highest BCUT2D eigenvalue weighted by Gasteiger charge is 2.10. The predicted molar refractivity (Wildman–Crippen MR) is 133 cm³/mol. The molecule has 0 saturated heterocycles. The highest BCUT2D eigenvalue weighted by molar-refractivity contribution is 5.99. The molecule has 0 saturated carbocycles. The standard InChI is InChI=1S/C28H32N2O4/c1-2-3-4-8-19-33-25-16-14-23(15-17-25)27(31)29-30-28(32)24-12-9-13-26(21-24)34-20-18-22-10-6-5-7-11-22/h5-7,9-17,21H,2-4,8,18-20H2,1H3,(H,29,31)(H,30,32). The molecule has 0 heterocycles. The van der Waals surface area contributed by atoms with E-state index < -0.39 is 11.8 Å². The van der Waals surface area contributed by atoms with Crippen LogP contribution in [0, 0.1) is 0 Å². The molecule has 34 heavy (non-hydrogen) atoms. The van der Waals surface area contributed by atoms with Crippen LogP contribution in [0.3, 0.4) is 0 Å². The van der Waals surface area contributed by atoms with Gasteiger partial charge < -0.3 is 9.47 Å². The summed E-state index contributed by atoms with van der Waals surface area (Å²) in [6.45, 7) is 3.34. The minimum absolute atomic E-state index is 0.393. The van der Waals surface area contributed by atoms with E-state index >= 15 is 0 Å². The van der Waals surface area contributed by atoms with Gasteiger partial charge in [-0.2, -0.15) is 0 Å². The molecule has 2 N–H and O–H groups in total. The van der Waals surface area contributed by atoms with Crippen LogP contribution in [0.5, 0.6) is 11.5 Å². The summed E-state index contributed by atoms with van der Waals surface area (Å²) >= 11 is 0. The molecular weight excluding hydrogens is 428 g/mol. The van der Waals surface area contributed by atoms with Gasteiger partial charge in [-0.3, -0.25) is 20.4 Å². The van der Waals surface area contributed by atoms with Gasteiger partial charge in [-0.05, 0) is 54.4 Å². The van der Waals surface area contributed by atoms with Crippen LogP contribution >= 0.6 is 0 Å². The maximum absolute atomic E-state index is 12.5. The van der Waals surface area contributed by atoms with Crippen molar-refractivity contribution in [3.8, 4) is 11.5 Å². The monoisotopic (exact) mass is 460 g/mol. The number of benzene rings is 3. The fourth-order valence-electron chi connectivity index (χ4n) is 3.34. The lowest BCUT2D eigenvalue weighted by Crippen LogP contribution is -2.41. The van der Waals surface area contributed by atoms with E-state index in [0.29, 0.717) is 30.1 Å². The summed E-state index contributed by atoms with van der Waals surface area (Å²) in [5.74, 6) is 0.494. The first kappa shape index (κ1) is 24.8. The summed E-state index contributed by atoms with van der Waals surface area (Å²) < 4.78 is 11.5. The van der Waals surface area contributed by atoms with Crippen LogP contribution in [0.25, 0.3) is 0 Å². The predicted octanol–water partition coefficient (Wildman–Crippen LogP) is 5.34. The smallest absolute Gasteiger partial charge is 0.269 e. The van der Waals surface area contributed by atoms with Crippen LogP contribution in [-0.4, -0.2) is 25.0 Å². The molecule has 3 rings (SSSR count). The fourth-order valence-corrected chi connectivity index (χ4v) is 3.34. The summed E-state index contributed by atoms with van der Waals surface area (Å²) in [5, 5.41) is 0. The molecule has 0 atom stereocenters. The number of carbonyl (C=O) groups is 2. The fraction of sp³-hybridized carbons (Fsp3) is 0.286. The summed E-state index contributed by atoms with van der Waals surface area (Å²) in [6, 6.07) is 23.8. The normalized spacial score (nSPS) is 10.4. The molecule has 0 aromatic heterocycles. The van der Waals surface area contributed by atoms with Crippen molar-refractivity contribution in [1.29, 1.82) is 0 Å². The molecule has 0 unspecified atom stereocenters. The van der Waals surface area contributed by atoms with Crippen molar-refractivity contribution >= 4 is 11.8 Å². The Morgan fingerprint density at radius 2 is 1.38 bits per heavy atom. The number of ether oxygens (including phenoxy) is 2. The third-order valence-electron chi connectivity index (χ3n) is 5.27. The Balaban J connectivity index is 1.43. The van der Waals surface area contributed by atoms with Crippen LogP contribution in [0.15, 0.2) is 78.9 Å². The highest BCUT2D eigenvalue weighted by atomic mass is 16.5. The Kier molecular flexibility index (Phi) is 9.99. The van der Waals surface area contributed by atoms with Crippen LogP contribution in [0.4, 0.5) is 0 Å². The molecule has 2 amide bonds. The summed E-state index contributed by atoms with van der Waals surface area (Å²) in [4.78, 5) is 24.8. The van der Waals surface area contributed by atoms with E-state index in [1.165, 1.54) is 18.4 Å². The molecule has 178 valence electrons. The molecule has 0 bridgehead atoms. The zero-order valence-corrected chi connectivity index (χ0v) is 19.6. The average molecular weight is 461 g/mol. The van der Waals surface area contributed by atoms with Crippen LogP contribution in [0.1, 0.15) is 58.9 Å². The number of hydrogen-bond acceptors (Lipinski definition) is 4. The summed E-state index contributed by atoms with van der Waals surface area (Å²) in [7, 11) is 0. The summed E-state index contributed by atoms with van der Waals surface area (Å²) in [5.41, 5.74) is 6.90. The minimum Gasteiger partial charge on any atom is -0.494 e. The second-order valence-corrected chi connectivity index (χ2v) is 7.95. The zero-order valence-electron chi connectivity index (χ0n) is 19.6. The van der Waals surface area contributed by atoms with Gasteiger partial charge in [-0.1, -0.05) is 62.6 Å². The Morgan fingerprint density at radius 1 is 0.676 bits per heavy atom. The van der Waals surface area contributed by atoms with Crippen molar-refractivity contribution < 1.29 is 19.1 Å². The average Bonchev–Trinajstić information content (AvgIpc) is 2.88. The van der Waals surface area contributed by atoms with E-state index in [2.05, 4.69) is 17.8 Å². The molecule has 3 aromatic carbocycles. The van der Waals surface area contributed by atoms with Crippen molar-refractivity contribution in [3.63, 3.8) is 0 Å². The maximum Gasteiger partial charge on any atom is 0.269 e. The SMILES string of the molecule is CCCCCCOc1ccc(C(=O)NNC(=O)c2cccc(OCCc3ccccc3)c2)cc1. The lowest BCUT2D eigenvalue weighted by atomic mass is 10.2. The molecular formula is C28H32N2O4. The molecule has 3 aromatic rings. The van der Waals surface area contributed by atoms with Crippen molar-refractivity contribution in [2.75, 3.05) is 13.2 Å². The largest absolute Gasteiger partial charge is 0.494 e. The molecule has 0 radical (unpaired) electrons.